The number of aryl methyl sites for hydroxylation is 2. The van der Waals surface area contributed by atoms with Crippen LogP contribution >= 0.6 is 11.6 Å². The monoisotopic (exact) mass is 779 g/mol. The van der Waals surface area contributed by atoms with Crippen molar-refractivity contribution in [2.45, 2.75) is 83.5 Å². The lowest BCUT2D eigenvalue weighted by atomic mass is 9.92. The second-order valence-electron chi connectivity index (χ2n) is 13.7. The molecule has 55 heavy (non-hydrogen) atoms. The van der Waals surface area contributed by atoms with Gasteiger partial charge in [-0.1, -0.05) is 73.0 Å². The van der Waals surface area contributed by atoms with Gasteiger partial charge in [0, 0.05) is 26.0 Å². The number of guanidine groups is 1. The number of piperidine rings is 1. The molecular weight excluding hydrogens is 722 g/mol. The number of nitrogen functional groups attached to an aromatic ring is 2. The summed E-state index contributed by atoms with van der Waals surface area (Å²) in [6.07, 6.45) is 12.1. The van der Waals surface area contributed by atoms with Gasteiger partial charge in [-0.2, -0.15) is 0 Å². The summed E-state index contributed by atoms with van der Waals surface area (Å²) in [7, 11) is 1.46. The Balaban J connectivity index is 0.000000360. The van der Waals surface area contributed by atoms with Gasteiger partial charge in [-0.25, -0.2) is 9.97 Å². The molecule has 2 amide bonds. The largest absolute Gasteiger partial charge is 0.469 e. The third kappa shape index (κ3) is 17.0. The number of aliphatic hydroxyl groups is 1. The molecule has 15 heteroatoms. The molecule has 1 aliphatic heterocycles. The van der Waals surface area contributed by atoms with E-state index >= 15 is 0 Å². The molecule has 4 rings (SSSR count). The highest BCUT2D eigenvalue weighted by atomic mass is 35.5. The minimum absolute atomic E-state index is 0.0425. The summed E-state index contributed by atoms with van der Waals surface area (Å²) in [6.45, 7) is 4.31. The Labute approximate surface area is 329 Å². The highest BCUT2D eigenvalue weighted by molar-refractivity contribution is 6.31. The molecule has 300 valence electrons. The normalized spacial score (nSPS) is 13.5. The van der Waals surface area contributed by atoms with Gasteiger partial charge >= 0.3 is 5.97 Å². The Morgan fingerprint density at radius 2 is 1.47 bits per heavy atom. The summed E-state index contributed by atoms with van der Waals surface area (Å²) < 4.78 is 4.68. The first-order chi connectivity index (χ1) is 26.5. The van der Waals surface area contributed by atoms with E-state index < -0.39 is 5.91 Å². The number of halogens is 1. The van der Waals surface area contributed by atoms with Crippen molar-refractivity contribution in [3.05, 3.63) is 70.5 Å². The first-order valence-corrected chi connectivity index (χ1v) is 19.4. The molecule has 0 unspecified atom stereocenters. The van der Waals surface area contributed by atoms with Crippen LogP contribution in [0.4, 0.5) is 11.6 Å². The third-order valence-corrected chi connectivity index (χ3v) is 9.77. The molecule has 1 aromatic heterocycles. The second kappa shape index (κ2) is 24.6. The highest BCUT2D eigenvalue weighted by Crippen LogP contribution is 2.23. The number of primary amides is 1. The topological polar surface area (TPSA) is 238 Å². The van der Waals surface area contributed by atoms with Gasteiger partial charge in [0.2, 0.25) is 5.91 Å². The number of carbonyl (C=O) groups excluding carboxylic acids is 3. The molecule has 10 N–H and O–H groups in total. The molecule has 0 aliphatic carbocycles. The van der Waals surface area contributed by atoms with E-state index in [1.165, 1.54) is 58.0 Å². The third-order valence-electron chi connectivity index (χ3n) is 9.49. The molecule has 0 spiro atoms. The maximum atomic E-state index is 12.2. The van der Waals surface area contributed by atoms with Crippen LogP contribution in [0.25, 0.3) is 11.1 Å². The highest BCUT2D eigenvalue weighted by Gasteiger charge is 2.20. The molecule has 0 radical (unpaired) electrons. The average molecular weight is 780 g/mol. The van der Waals surface area contributed by atoms with Crippen LogP contribution in [0, 0.1) is 5.92 Å². The number of hydrogen-bond donors (Lipinski definition) is 6. The fourth-order valence-electron chi connectivity index (χ4n) is 6.18. The van der Waals surface area contributed by atoms with Gasteiger partial charge in [0.05, 0.1) is 7.11 Å². The van der Waals surface area contributed by atoms with Crippen LogP contribution in [0.3, 0.4) is 0 Å². The van der Waals surface area contributed by atoms with Gasteiger partial charge in [-0.15, -0.1) is 0 Å². The Morgan fingerprint density at radius 3 is 2.07 bits per heavy atom. The quantitative estimate of drug-likeness (QED) is 0.0424. The van der Waals surface area contributed by atoms with Crippen LogP contribution in [0.5, 0.6) is 0 Å². The molecular formula is C40H58ClN9O5. The standard InChI is InChI=1S/C25H29ClN8O2.C15H29NO3/c26-21-23(29)33-22(28)20(32-21)24(36)34-25(30)31-14-2-1-3-15-4-9-17(10-5-15)18-11-6-16(7-12-18)8-13-19(27)35;1-19-15(18)7-6-14-8-11-16(12-9-14)10-4-2-3-5-13-17/h4-7,9-12H,1-3,8,13-14H2,(H2,27,35)(H4,28,29,33)(H3,30,31,34,36);14,17H,2-13H2,1H3. The van der Waals surface area contributed by atoms with Gasteiger partial charge in [-0.05, 0) is 106 Å². The van der Waals surface area contributed by atoms with E-state index in [1.807, 2.05) is 12.1 Å². The SMILES string of the molecule is COC(=O)CCC1CCN(CCCCCCO)CC1.NC(=O)CCc1ccc(-c2ccc(CCCCN=C(N)NC(=O)c3nc(Cl)c(N)nc3N)cc2)cc1. The Kier molecular flexibility index (Phi) is 19.9. The number of carbonyl (C=O) groups is 3. The molecule has 2 aromatic carbocycles. The van der Waals surface area contributed by atoms with E-state index in [0.29, 0.717) is 38.3 Å². The number of likely N-dealkylation sites (tertiary alicyclic amines) is 1. The van der Waals surface area contributed by atoms with E-state index in [9.17, 15) is 14.4 Å². The van der Waals surface area contributed by atoms with Crippen LogP contribution < -0.4 is 28.3 Å². The molecule has 3 aromatic rings. The summed E-state index contributed by atoms with van der Waals surface area (Å²) in [5, 5.41) is 11.0. The number of ether oxygens (including phenoxy) is 1. The minimum atomic E-state index is -0.663. The number of nitrogens with one attached hydrogen (secondary N) is 1. The number of rotatable bonds is 19. The average Bonchev–Trinajstić information content (AvgIpc) is 3.18. The lowest BCUT2D eigenvalue weighted by Gasteiger charge is -2.31. The molecule has 1 saturated heterocycles. The lowest BCUT2D eigenvalue weighted by molar-refractivity contribution is -0.141. The first kappa shape index (κ1) is 44.6. The van der Waals surface area contributed by atoms with E-state index in [-0.39, 0.29) is 40.3 Å². The Bertz CT molecular complexity index is 1660. The van der Waals surface area contributed by atoms with Gasteiger partial charge in [-0.3, -0.25) is 24.7 Å². The van der Waals surface area contributed by atoms with Crippen molar-refractivity contribution < 1.29 is 24.2 Å². The number of nitrogens with zero attached hydrogens (tertiary/aromatic N) is 4. The minimum Gasteiger partial charge on any atom is -0.469 e. The van der Waals surface area contributed by atoms with Gasteiger partial charge in [0.15, 0.2) is 28.4 Å². The molecule has 0 atom stereocenters. The van der Waals surface area contributed by atoms with E-state index in [1.54, 1.807) is 0 Å². The number of nitrogens with two attached hydrogens (primary N) is 4. The zero-order chi connectivity index (χ0) is 40.0. The summed E-state index contributed by atoms with van der Waals surface area (Å²) in [5.74, 6) is -0.587. The number of amides is 2. The van der Waals surface area contributed by atoms with Crippen LogP contribution in [0.1, 0.15) is 92.2 Å². The van der Waals surface area contributed by atoms with Crippen molar-refractivity contribution in [3.8, 4) is 11.1 Å². The number of methoxy groups -OCH3 is 1. The van der Waals surface area contributed by atoms with Crippen molar-refractivity contribution >= 4 is 47.0 Å². The Morgan fingerprint density at radius 1 is 0.855 bits per heavy atom. The maximum absolute atomic E-state index is 12.2. The molecule has 1 aliphatic rings. The summed E-state index contributed by atoms with van der Waals surface area (Å²) in [4.78, 5) is 48.6. The van der Waals surface area contributed by atoms with E-state index in [0.717, 1.165) is 55.2 Å². The summed E-state index contributed by atoms with van der Waals surface area (Å²) in [6, 6.07) is 16.6. The van der Waals surface area contributed by atoms with Gasteiger partial charge < -0.3 is 37.7 Å². The van der Waals surface area contributed by atoms with Gasteiger partial charge in [0.25, 0.3) is 5.91 Å². The van der Waals surface area contributed by atoms with Crippen molar-refractivity contribution in [2.75, 3.05) is 51.4 Å². The number of aliphatic hydroxyl groups excluding tert-OH is 1. The summed E-state index contributed by atoms with van der Waals surface area (Å²) in [5.41, 5.74) is 26.5. The Hall–Kier alpha value is -4.79. The van der Waals surface area contributed by atoms with Crippen molar-refractivity contribution in [3.63, 3.8) is 0 Å². The smallest absolute Gasteiger partial charge is 0.305 e. The van der Waals surface area contributed by atoms with Crippen LogP contribution in [0.15, 0.2) is 53.5 Å². The number of benzene rings is 2. The fourth-order valence-corrected chi connectivity index (χ4v) is 6.31. The zero-order valence-corrected chi connectivity index (χ0v) is 32.7. The van der Waals surface area contributed by atoms with E-state index in [2.05, 4.69) is 66.3 Å². The van der Waals surface area contributed by atoms with Gasteiger partial charge in [0.1, 0.15) is 0 Å². The second-order valence-corrected chi connectivity index (χ2v) is 14.1. The molecule has 0 bridgehead atoms. The molecule has 1 fully saturated rings. The number of aliphatic imine (C=N–C) groups is 1. The lowest BCUT2D eigenvalue weighted by Crippen LogP contribution is -2.38. The van der Waals surface area contributed by atoms with Crippen LogP contribution in [0.2, 0.25) is 5.15 Å². The number of hydrogen-bond acceptors (Lipinski definition) is 11. The molecule has 2 heterocycles. The number of unbranched alkanes of at least 4 members (excludes halogenated alkanes) is 4. The number of esters is 1. The van der Waals surface area contributed by atoms with Crippen LogP contribution in [-0.4, -0.2) is 83.6 Å². The zero-order valence-electron chi connectivity index (χ0n) is 32.0. The molecule has 14 nitrogen and oxygen atoms in total. The summed E-state index contributed by atoms with van der Waals surface area (Å²) >= 11 is 5.79. The van der Waals surface area contributed by atoms with Crippen molar-refractivity contribution in [1.82, 2.24) is 20.2 Å². The first-order valence-electron chi connectivity index (χ1n) is 19.0. The van der Waals surface area contributed by atoms with Crippen molar-refractivity contribution in [2.24, 2.45) is 22.4 Å². The number of anilines is 2. The van der Waals surface area contributed by atoms with E-state index in [4.69, 9.17) is 39.6 Å². The predicted molar refractivity (Wildman–Crippen MR) is 218 cm³/mol. The maximum Gasteiger partial charge on any atom is 0.305 e. The predicted octanol–water partition coefficient (Wildman–Crippen LogP) is 4.65. The fraction of sp³-hybridized carbons (Fsp3) is 0.500. The van der Waals surface area contributed by atoms with Crippen LogP contribution in [-0.2, 0) is 27.2 Å². The van der Waals surface area contributed by atoms with Crippen molar-refractivity contribution in [1.29, 1.82) is 0 Å². The number of aromatic nitrogens is 2. The molecule has 0 saturated carbocycles.